The second-order valence-corrected chi connectivity index (χ2v) is 9.90. The summed E-state index contributed by atoms with van der Waals surface area (Å²) < 4.78 is 10.7. The zero-order chi connectivity index (χ0) is 23.8. The number of esters is 1. The Morgan fingerprint density at radius 1 is 1.03 bits per heavy atom. The quantitative estimate of drug-likeness (QED) is 0.413. The minimum Gasteiger partial charge on any atom is -0.482 e. The molecule has 34 heavy (non-hydrogen) atoms. The van der Waals surface area contributed by atoms with Crippen LogP contribution in [0, 0.1) is 5.92 Å². The minimum absolute atomic E-state index is 0.236. The van der Waals surface area contributed by atoms with Gasteiger partial charge in [0, 0.05) is 16.4 Å². The number of thioether (sulfide) groups is 1. The summed E-state index contributed by atoms with van der Waals surface area (Å²) in [4.78, 5) is 55.7. The molecule has 0 spiro atoms. The average Bonchev–Trinajstić information content (AvgIpc) is 3.33. The van der Waals surface area contributed by atoms with Crippen LogP contribution in [0.5, 0.6) is 5.75 Å². The Morgan fingerprint density at radius 3 is 2.53 bits per heavy atom. The monoisotopic (exact) mass is 496 g/mol. The van der Waals surface area contributed by atoms with Gasteiger partial charge < -0.3 is 14.5 Å². The average molecular weight is 497 g/mol. The van der Waals surface area contributed by atoms with Gasteiger partial charge >= 0.3 is 10.8 Å². The highest BCUT2D eigenvalue weighted by atomic mass is 32.2. The number of anilines is 1. The first-order valence-electron chi connectivity index (χ1n) is 10.7. The standard InChI is InChI=1S/C24H20N2O6S2/c1-2-31-16(27)12-32-15-11-7-6-10-14(15)17-18-20(33-21-19(17)34-24(30)25-21)23(29)26(22(18)28)13-8-4-3-5-9-13/h3-11,17-18,20H,2,12H2,1H3,(H,25,30)/t17-,18?,20?/m1/s1. The Hall–Kier alpha value is -3.37. The largest absolute Gasteiger partial charge is 0.482 e. The number of para-hydroxylation sites is 2. The van der Waals surface area contributed by atoms with E-state index >= 15 is 0 Å². The van der Waals surface area contributed by atoms with Crippen molar-refractivity contribution in [3.8, 4) is 5.75 Å². The van der Waals surface area contributed by atoms with Crippen LogP contribution in [0.2, 0.25) is 0 Å². The number of ether oxygens (including phenoxy) is 2. The fourth-order valence-electron chi connectivity index (χ4n) is 4.39. The number of nitrogens with one attached hydrogen (secondary N) is 1. The Balaban J connectivity index is 1.59. The number of amides is 2. The lowest BCUT2D eigenvalue weighted by Gasteiger charge is -2.30. The third kappa shape index (κ3) is 3.82. The van der Waals surface area contributed by atoms with Crippen LogP contribution < -0.4 is 14.5 Å². The van der Waals surface area contributed by atoms with Gasteiger partial charge in [0.15, 0.2) is 6.61 Å². The van der Waals surface area contributed by atoms with Gasteiger partial charge in [-0.25, -0.2) is 9.69 Å². The van der Waals surface area contributed by atoms with E-state index in [9.17, 15) is 19.2 Å². The van der Waals surface area contributed by atoms with Gasteiger partial charge in [-0.2, -0.15) is 0 Å². The van der Waals surface area contributed by atoms with E-state index in [2.05, 4.69) is 4.98 Å². The Labute approximate surface area is 202 Å². The number of hydrogen-bond donors (Lipinski definition) is 1. The van der Waals surface area contributed by atoms with Crippen molar-refractivity contribution in [2.45, 2.75) is 23.1 Å². The lowest BCUT2D eigenvalue weighted by Crippen LogP contribution is -2.32. The molecule has 3 aromatic rings. The number of aromatic amines is 1. The van der Waals surface area contributed by atoms with Crippen molar-refractivity contribution < 1.29 is 23.9 Å². The van der Waals surface area contributed by atoms with Crippen molar-refractivity contribution >= 4 is 46.6 Å². The van der Waals surface area contributed by atoms with E-state index in [1.165, 1.54) is 16.7 Å². The molecule has 174 valence electrons. The predicted octanol–water partition coefficient (Wildman–Crippen LogP) is 3.17. The maximum atomic E-state index is 13.7. The molecule has 1 saturated heterocycles. The Kier molecular flexibility index (Phi) is 6.01. The molecule has 3 atom stereocenters. The molecule has 1 N–H and O–H groups in total. The number of H-pyrrole nitrogens is 1. The first kappa shape index (κ1) is 22.4. The van der Waals surface area contributed by atoms with Crippen molar-refractivity contribution in [1.82, 2.24) is 4.98 Å². The Morgan fingerprint density at radius 2 is 1.76 bits per heavy atom. The zero-order valence-corrected chi connectivity index (χ0v) is 19.7. The normalized spacial score (nSPS) is 21.2. The summed E-state index contributed by atoms with van der Waals surface area (Å²) >= 11 is 2.24. The SMILES string of the molecule is CCOC(=O)COc1ccccc1[C@H]1c2sc(=O)[nH]c2SC2C(=O)N(c3ccccc3)C(=O)C21. The molecule has 5 rings (SSSR count). The van der Waals surface area contributed by atoms with Crippen molar-refractivity contribution in [2.75, 3.05) is 18.1 Å². The number of rotatable bonds is 6. The molecule has 2 unspecified atom stereocenters. The molecule has 2 amide bonds. The van der Waals surface area contributed by atoms with Crippen molar-refractivity contribution in [2.24, 2.45) is 5.92 Å². The van der Waals surface area contributed by atoms with Gasteiger partial charge in [0.05, 0.1) is 23.2 Å². The fourth-order valence-corrected chi connectivity index (χ4v) is 6.90. The van der Waals surface area contributed by atoms with Crippen LogP contribution in [0.15, 0.2) is 64.4 Å². The van der Waals surface area contributed by atoms with E-state index in [1.54, 1.807) is 55.5 Å². The van der Waals surface area contributed by atoms with E-state index in [-0.39, 0.29) is 29.9 Å². The van der Waals surface area contributed by atoms with Gasteiger partial charge in [0.2, 0.25) is 11.8 Å². The molecule has 0 radical (unpaired) electrons. The van der Waals surface area contributed by atoms with Gasteiger partial charge in [-0.15, -0.1) is 0 Å². The van der Waals surface area contributed by atoms with E-state index in [0.29, 0.717) is 26.9 Å². The molecular weight excluding hydrogens is 476 g/mol. The maximum absolute atomic E-state index is 13.7. The van der Waals surface area contributed by atoms with Gasteiger partial charge in [0.1, 0.15) is 11.0 Å². The summed E-state index contributed by atoms with van der Waals surface area (Å²) in [6.45, 7) is 1.65. The lowest BCUT2D eigenvalue weighted by atomic mass is 9.82. The molecule has 10 heteroatoms. The van der Waals surface area contributed by atoms with Gasteiger partial charge in [-0.1, -0.05) is 59.5 Å². The smallest absolute Gasteiger partial charge is 0.344 e. The summed E-state index contributed by atoms with van der Waals surface area (Å²) in [5.41, 5.74) is 1.14. The summed E-state index contributed by atoms with van der Waals surface area (Å²) in [6.07, 6.45) is 0. The number of imide groups is 1. The molecule has 1 aromatic heterocycles. The summed E-state index contributed by atoms with van der Waals surface area (Å²) in [5, 5.41) is -0.119. The first-order valence-corrected chi connectivity index (χ1v) is 12.4. The molecule has 0 saturated carbocycles. The topological polar surface area (TPSA) is 106 Å². The van der Waals surface area contributed by atoms with E-state index in [4.69, 9.17) is 9.47 Å². The summed E-state index contributed by atoms with van der Waals surface area (Å²) in [5.74, 6) is -2.08. The fraction of sp³-hybridized carbons (Fsp3) is 0.250. The third-order valence-corrected chi connectivity index (χ3v) is 8.14. The number of carbonyl (C=O) groups excluding carboxylic acids is 3. The van der Waals surface area contributed by atoms with Crippen molar-refractivity contribution in [3.63, 3.8) is 0 Å². The lowest BCUT2D eigenvalue weighted by molar-refractivity contribution is -0.145. The van der Waals surface area contributed by atoms with Gasteiger partial charge in [0.25, 0.3) is 0 Å². The molecule has 2 aliphatic heterocycles. The molecule has 3 heterocycles. The number of carbonyl (C=O) groups is 3. The first-order chi connectivity index (χ1) is 16.5. The number of thiazole rings is 1. The summed E-state index contributed by atoms with van der Waals surface area (Å²) in [7, 11) is 0. The van der Waals surface area contributed by atoms with Crippen LogP contribution in [-0.2, 0) is 19.1 Å². The molecule has 0 aliphatic carbocycles. The highest BCUT2D eigenvalue weighted by Gasteiger charge is 2.56. The number of aromatic nitrogens is 1. The number of fused-ring (bicyclic) bond motifs is 2. The second-order valence-electron chi connectivity index (χ2n) is 7.73. The molecule has 1 fully saturated rings. The van der Waals surface area contributed by atoms with Crippen molar-refractivity contribution in [1.29, 1.82) is 0 Å². The van der Waals surface area contributed by atoms with Crippen LogP contribution >= 0.6 is 23.1 Å². The number of nitrogens with zero attached hydrogens (tertiary/aromatic N) is 1. The van der Waals surface area contributed by atoms with Crippen molar-refractivity contribution in [3.05, 3.63) is 74.7 Å². The summed E-state index contributed by atoms with van der Waals surface area (Å²) in [6, 6.07) is 15.9. The predicted molar refractivity (Wildman–Crippen MR) is 127 cm³/mol. The van der Waals surface area contributed by atoms with Gasteiger partial charge in [-0.05, 0) is 25.1 Å². The highest BCUT2D eigenvalue weighted by Crippen LogP contribution is 2.54. The Bertz CT molecular complexity index is 1320. The highest BCUT2D eigenvalue weighted by molar-refractivity contribution is 8.00. The van der Waals surface area contributed by atoms with E-state index in [1.807, 2.05) is 6.07 Å². The number of benzene rings is 2. The van der Waals surface area contributed by atoms with Crippen LogP contribution in [0.1, 0.15) is 23.3 Å². The minimum atomic E-state index is -0.732. The molecule has 8 nitrogen and oxygen atoms in total. The molecule has 2 aliphatic rings. The maximum Gasteiger partial charge on any atom is 0.344 e. The van der Waals surface area contributed by atoms with Crippen LogP contribution in [0.4, 0.5) is 5.69 Å². The molecular formula is C24H20N2O6S2. The van der Waals surface area contributed by atoms with Crippen LogP contribution in [-0.4, -0.2) is 41.2 Å². The van der Waals surface area contributed by atoms with E-state index in [0.717, 1.165) is 11.3 Å². The molecule has 0 bridgehead atoms. The molecule has 2 aromatic carbocycles. The van der Waals surface area contributed by atoms with Crippen LogP contribution in [0.3, 0.4) is 0 Å². The van der Waals surface area contributed by atoms with Crippen LogP contribution in [0.25, 0.3) is 0 Å². The number of hydrogen-bond acceptors (Lipinski definition) is 8. The zero-order valence-electron chi connectivity index (χ0n) is 18.1. The second kappa shape index (κ2) is 9.11. The third-order valence-electron chi connectivity index (χ3n) is 5.74. The van der Waals surface area contributed by atoms with E-state index < -0.39 is 23.1 Å². The van der Waals surface area contributed by atoms with Gasteiger partial charge in [-0.3, -0.25) is 14.4 Å².